The number of hydrogen-bond donors (Lipinski definition) is 2. The van der Waals surface area contributed by atoms with Crippen molar-refractivity contribution in [3.63, 3.8) is 0 Å². The first-order valence-electron chi connectivity index (χ1n) is 5.67. The molecule has 0 saturated carbocycles. The third kappa shape index (κ3) is 3.61. The van der Waals surface area contributed by atoms with Crippen LogP contribution in [-0.2, 0) is 4.79 Å². The first-order valence-corrected chi connectivity index (χ1v) is 5.67. The van der Waals surface area contributed by atoms with Crippen molar-refractivity contribution in [3.8, 4) is 12.3 Å². The van der Waals surface area contributed by atoms with Gasteiger partial charge in [0.2, 0.25) is 5.91 Å². The number of benzene rings is 1. The topological polar surface area (TPSA) is 55.1 Å². The van der Waals surface area contributed by atoms with Crippen molar-refractivity contribution in [3.05, 3.63) is 35.4 Å². The molecule has 1 aromatic carbocycles. The van der Waals surface area contributed by atoms with Crippen LogP contribution in [0.2, 0.25) is 0 Å². The van der Waals surface area contributed by atoms with E-state index in [2.05, 4.69) is 11.2 Å². The molecule has 0 heterocycles. The third-order valence-electron chi connectivity index (χ3n) is 2.64. The maximum atomic E-state index is 11.8. The van der Waals surface area contributed by atoms with Crippen molar-refractivity contribution in [1.29, 1.82) is 0 Å². The lowest BCUT2D eigenvalue weighted by Gasteiger charge is -2.16. The van der Waals surface area contributed by atoms with E-state index in [0.29, 0.717) is 6.42 Å². The van der Waals surface area contributed by atoms with Crippen LogP contribution in [-0.4, -0.2) is 11.9 Å². The first-order chi connectivity index (χ1) is 8.08. The van der Waals surface area contributed by atoms with Crippen LogP contribution in [0.1, 0.15) is 30.5 Å². The lowest BCUT2D eigenvalue weighted by atomic mass is 10.0. The number of amides is 1. The van der Waals surface area contributed by atoms with Crippen LogP contribution in [0, 0.1) is 19.3 Å². The third-order valence-corrected chi connectivity index (χ3v) is 2.64. The largest absolute Gasteiger partial charge is 0.341 e. The van der Waals surface area contributed by atoms with Gasteiger partial charge in [0, 0.05) is 0 Å². The monoisotopic (exact) mass is 230 g/mol. The van der Waals surface area contributed by atoms with E-state index in [1.54, 1.807) is 0 Å². The van der Waals surface area contributed by atoms with E-state index in [1.807, 2.05) is 38.1 Å². The number of aryl methyl sites for hydroxylation is 1. The van der Waals surface area contributed by atoms with E-state index >= 15 is 0 Å². The van der Waals surface area contributed by atoms with E-state index in [9.17, 15) is 4.79 Å². The molecule has 0 spiro atoms. The summed E-state index contributed by atoms with van der Waals surface area (Å²) in [4.78, 5) is 11.8. The van der Waals surface area contributed by atoms with Crippen LogP contribution < -0.4 is 11.1 Å². The summed E-state index contributed by atoms with van der Waals surface area (Å²) in [7, 11) is 0. The maximum absolute atomic E-state index is 11.8. The molecule has 0 fully saturated rings. The van der Waals surface area contributed by atoms with Crippen molar-refractivity contribution in [2.75, 3.05) is 0 Å². The quantitative estimate of drug-likeness (QED) is 0.771. The van der Waals surface area contributed by atoms with Gasteiger partial charge in [0.25, 0.3) is 0 Å². The van der Waals surface area contributed by atoms with Gasteiger partial charge in [-0.05, 0) is 18.9 Å². The van der Waals surface area contributed by atoms with Crippen LogP contribution in [0.3, 0.4) is 0 Å². The van der Waals surface area contributed by atoms with Crippen molar-refractivity contribution < 1.29 is 4.79 Å². The first kappa shape index (κ1) is 13.3. The summed E-state index contributed by atoms with van der Waals surface area (Å²) in [5.74, 6) is 2.27. The minimum atomic E-state index is -0.669. The fourth-order valence-electron chi connectivity index (χ4n) is 1.45. The highest BCUT2D eigenvalue weighted by Crippen LogP contribution is 2.11. The summed E-state index contributed by atoms with van der Waals surface area (Å²) in [6.07, 6.45) is 5.98. The molecule has 2 unspecified atom stereocenters. The van der Waals surface area contributed by atoms with Gasteiger partial charge in [-0.15, -0.1) is 6.42 Å². The van der Waals surface area contributed by atoms with Gasteiger partial charge in [-0.25, -0.2) is 0 Å². The Morgan fingerprint density at radius 2 is 2.06 bits per heavy atom. The van der Waals surface area contributed by atoms with E-state index < -0.39 is 6.04 Å². The number of rotatable bonds is 4. The Labute approximate surface area is 102 Å². The highest BCUT2D eigenvalue weighted by atomic mass is 16.2. The minimum Gasteiger partial charge on any atom is -0.341 e. The van der Waals surface area contributed by atoms with Gasteiger partial charge in [0.15, 0.2) is 0 Å². The summed E-state index contributed by atoms with van der Waals surface area (Å²) >= 11 is 0. The molecule has 0 bridgehead atoms. The van der Waals surface area contributed by atoms with Crippen molar-refractivity contribution in [1.82, 2.24) is 5.32 Å². The van der Waals surface area contributed by atoms with Gasteiger partial charge < -0.3 is 11.1 Å². The molecular weight excluding hydrogens is 212 g/mol. The molecule has 2 atom stereocenters. The van der Waals surface area contributed by atoms with Crippen molar-refractivity contribution in [2.24, 2.45) is 5.73 Å². The summed E-state index contributed by atoms with van der Waals surface area (Å²) in [6, 6.07) is 6.66. The Morgan fingerprint density at radius 1 is 1.47 bits per heavy atom. The molecule has 0 saturated heterocycles. The van der Waals surface area contributed by atoms with Crippen LogP contribution in [0.25, 0.3) is 0 Å². The zero-order chi connectivity index (χ0) is 12.8. The van der Waals surface area contributed by atoms with Gasteiger partial charge in [0.05, 0.1) is 6.04 Å². The van der Waals surface area contributed by atoms with E-state index in [0.717, 1.165) is 11.1 Å². The van der Waals surface area contributed by atoms with Crippen molar-refractivity contribution >= 4 is 5.91 Å². The molecule has 0 aromatic heterocycles. The SMILES string of the molecule is C#CC(CC)NC(=O)C(N)c1ccc(C)cc1. The molecular formula is C14H18N2O. The fourth-order valence-corrected chi connectivity index (χ4v) is 1.45. The number of terminal acetylenes is 1. The Hall–Kier alpha value is -1.79. The maximum Gasteiger partial charge on any atom is 0.242 e. The molecule has 1 aromatic rings. The van der Waals surface area contributed by atoms with Gasteiger partial charge in [-0.1, -0.05) is 42.7 Å². The number of nitrogens with one attached hydrogen (secondary N) is 1. The second-order valence-corrected chi connectivity index (χ2v) is 4.02. The van der Waals surface area contributed by atoms with Crippen LogP contribution >= 0.6 is 0 Å². The molecule has 3 nitrogen and oxygen atoms in total. The smallest absolute Gasteiger partial charge is 0.242 e. The van der Waals surface area contributed by atoms with E-state index in [1.165, 1.54) is 0 Å². The lowest BCUT2D eigenvalue weighted by Crippen LogP contribution is -2.39. The van der Waals surface area contributed by atoms with Gasteiger partial charge in [0.1, 0.15) is 6.04 Å². The summed E-state index contributed by atoms with van der Waals surface area (Å²) < 4.78 is 0. The molecule has 3 heteroatoms. The van der Waals surface area contributed by atoms with E-state index in [-0.39, 0.29) is 11.9 Å². The van der Waals surface area contributed by atoms with Gasteiger partial charge in [-0.2, -0.15) is 0 Å². The lowest BCUT2D eigenvalue weighted by molar-refractivity contribution is -0.122. The number of nitrogens with two attached hydrogens (primary N) is 1. The highest BCUT2D eigenvalue weighted by molar-refractivity contribution is 5.83. The molecule has 0 aliphatic heterocycles. The molecule has 0 radical (unpaired) electrons. The number of carbonyl (C=O) groups is 1. The zero-order valence-electron chi connectivity index (χ0n) is 10.2. The minimum absolute atomic E-state index is 0.237. The van der Waals surface area contributed by atoms with Crippen molar-refractivity contribution in [2.45, 2.75) is 32.4 Å². The Bertz CT molecular complexity index is 417. The molecule has 0 aliphatic rings. The summed E-state index contributed by atoms with van der Waals surface area (Å²) in [5, 5.41) is 2.73. The molecule has 1 rings (SSSR count). The van der Waals surface area contributed by atoms with Crippen LogP contribution in [0.5, 0.6) is 0 Å². The molecule has 1 amide bonds. The Balaban J connectivity index is 2.70. The number of hydrogen-bond acceptors (Lipinski definition) is 2. The predicted molar refractivity (Wildman–Crippen MR) is 69.2 cm³/mol. The second kappa shape index (κ2) is 6.07. The average Bonchev–Trinajstić information content (AvgIpc) is 2.35. The normalized spacial score (nSPS) is 13.5. The zero-order valence-corrected chi connectivity index (χ0v) is 10.2. The molecule has 0 aliphatic carbocycles. The average molecular weight is 230 g/mol. The van der Waals surface area contributed by atoms with Crippen LogP contribution in [0.15, 0.2) is 24.3 Å². The Morgan fingerprint density at radius 3 is 2.53 bits per heavy atom. The molecule has 17 heavy (non-hydrogen) atoms. The Kier molecular flexibility index (Phi) is 4.74. The second-order valence-electron chi connectivity index (χ2n) is 4.02. The predicted octanol–water partition coefficient (Wildman–Crippen LogP) is 1.52. The van der Waals surface area contributed by atoms with E-state index in [4.69, 9.17) is 12.2 Å². The standard InChI is InChI=1S/C14H18N2O/c1-4-12(5-2)16-14(17)13(15)11-8-6-10(3)7-9-11/h1,6-9,12-13H,5,15H2,2-3H3,(H,16,17). The van der Waals surface area contributed by atoms with Crippen LogP contribution in [0.4, 0.5) is 0 Å². The fraction of sp³-hybridized carbons (Fsp3) is 0.357. The molecule has 3 N–H and O–H groups in total. The molecule has 90 valence electrons. The number of carbonyl (C=O) groups excluding carboxylic acids is 1. The highest BCUT2D eigenvalue weighted by Gasteiger charge is 2.17. The summed E-state index contributed by atoms with van der Waals surface area (Å²) in [5.41, 5.74) is 7.79. The summed E-state index contributed by atoms with van der Waals surface area (Å²) in [6.45, 7) is 3.91. The van der Waals surface area contributed by atoms with Gasteiger partial charge in [-0.3, -0.25) is 4.79 Å². The van der Waals surface area contributed by atoms with Gasteiger partial charge >= 0.3 is 0 Å².